The van der Waals surface area contributed by atoms with Crippen LogP contribution in [0.25, 0.3) is 6.08 Å². The van der Waals surface area contributed by atoms with Gasteiger partial charge in [0.25, 0.3) is 11.1 Å². The van der Waals surface area contributed by atoms with Crippen LogP contribution in [0.1, 0.15) is 26.3 Å². The normalized spacial score (nSPS) is 16.6. The van der Waals surface area contributed by atoms with Gasteiger partial charge in [-0.2, -0.15) is 0 Å². The van der Waals surface area contributed by atoms with E-state index in [9.17, 15) is 9.59 Å². The third-order valence-corrected chi connectivity index (χ3v) is 4.65. The highest BCUT2D eigenvalue weighted by Gasteiger charge is 2.36. The van der Waals surface area contributed by atoms with E-state index in [0.717, 1.165) is 21.8 Å². The summed E-state index contributed by atoms with van der Waals surface area (Å²) >= 11 is 4.39. The van der Waals surface area contributed by atoms with Gasteiger partial charge in [0, 0.05) is 6.04 Å². The molecule has 0 N–H and O–H groups in total. The van der Waals surface area contributed by atoms with Gasteiger partial charge in [-0.15, -0.1) is 0 Å². The summed E-state index contributed by atoms with van der Waals surface area (Å²) in [6.07, 6.45) is 1.69. The second-order valence-electron chi connectivity index (χ2n) is 5.11. The molecule has 0 radical (unpaired) electrons. The van der Waals surface area contributed by atoms with E-state index in [2.05, 4.69) is 15.9 Å². The molecule has 0 aliphatic carbocycles. The van der Waals surface area contributed by atoms with Gasteiger partial charge in [-0.05, 0) is 72.2 Å². The Balaban J connectivity index is 2.40. The van der Waals surface area contributed by atoms with Crippen LogP contribution in [0.3, 0.4) is 0 Å². The summed E-state index contributed by atoms with van der Waals surface area (Å²) < 4.78 is 11.6. The number of carbonyl (C=O) groups excluding carboxylic acids is 2. The Labute approximate surface area is 148 Å². The van der Waals surface area contributed by atoms with Gasteiger partial charge in [-0.25, -0.2) is 0 Å². The van der Waals surface area contributed by atoms with E-state index >= 15 is 0 Å². The van der Waals surface area contributed by atoms with Gasteiger partial charge in [0.1, 0.15) is 0 Å². The SMILES string of the molecule is CCOc1cc(C=C2SC(=O)N(C(C)C)C2=O)cc(Br)c1OC. The van der Waals surface area contributed by atoms with Crippen molar-refractivity contribution in [3.63, 3.8) is 0 Å². The number of halogens is 1. The molecular formula is C16H18BrNO4S. The summed E-state index contributed by atoms with van der Waals surface area (Å²) in [7, 11) is 1.57. The number of imide groups is 1. The molecule has 1 aromatic rings. The van der Waals surface area contributed by atoms with E-state index in [1.807, 2.05) is 26.8 Å². The molecular weight excluding hydrogens is 382 g/mol. The molecule has 0 spiro atoms. The Morgan fingerprint density at radius 2 is 2.04 bits per heavy atom. The van der Waals surface area contributed by atoms with Gasteiger partial charge in [-0.3, -0.25) is 14.5 Å². The summed E-state index contributed by atoms with van der Waals surface area (Å²) in [4.78, 5) is 25.9. The first kappa shape index (κ1) is 17.9. The van der Waals surface area contributed by atoms with Gasteiger partial charge in [0.15, 0.2) is 11.5 Å². The molecule has 1 aliphatic rings. The predicted molar refractivity (Wildman–Crippen MR) is 94.8 cm³/mol. The molecule has 2 rings (SSSR count). The van der Waals surface area contributed by atoms with Gasteiger partial charge in [0.05, 0.1) is 23.1 Å². The lowest BCUT2D eigenvalue weighted by molar-refractivity contribution is -0.123. The number of carbonyl (C=O) groups is 2. The fourth-order valence-electron chi connectivity index (χ4n) is 2.21. The molecule has 1 aliphatic heterocycles. The van der Waals surface area contributed by atoms with E-state index in [0.29, 0.717) is 23.0 Å². The van der Waals surface area contributed by atoms with Crippen LogP contribution in [0, 0.1) is 0 Å². The van der Waals surface area contributed by atoms with E-state index < -0.39 is 0 Å². The van der Waals surface area contributed by atoms with E-state index in [4.69, 9.17) is 9.47 Å². The maximum absolute atomic E-state index is 12.3. The zero-order chi connectivity index (χ0) is 17.1. The van der Waals surface area contributed by atoms with Gasteiger partial charge in [-0.1, -0.05) is 0 Å². The van der Waals surface area contributed by atoms with Crippen molar-refractivity contribution in [1.29, 1.82) is 0 Å². The fraction of sp³-hybridized carbons (Fsp3) is 0.375. The van der Waals surface area contributed by atoms with Crippen LogP contribution in [0.15, 0.2) is 21.5 Å². The molecule has 1 saturated heterocycles. The Kier molecular flexibility index (Phi) is 5.75. The Morgan fingerprint density at radius 1 is 1.35 bits per heavy atom. The maximum atomic E-state index is 12.3. The molecule has 0 aromatic heterocycles. The molecule has 5 nitrogen and oxygen atoms in total. The smallest absolute Gasteiger partial charge is 0.293 e. The number of benzene rings is 1. The maximum Gasteiger partial charge on any atom is 0.293 e. The highest BCUT2D eigenvalue weighted by molar-refractivity contribution is 9.10. The number of thioether (sulfide) groups is 1. The Morgan fingerprint density at radius 3 is 2.57 bits per heavy atom. The second kappa shape index (κ2) is 7.40. The largest absolute Gasteiger partial charge is 0.492 e. The monoisotopic (exact) mass is 399 g/mol. The molecule has 0 saturated carbocycles. The summed E-state index contributed by atoms with van der Waals surface area (Å²) in [5.41, 5.74) is 0.760. The van der Waals surface area contributed by atoms with Gasteiger partial charge < -0.3 is 9.47 Å². The van der Waals surface area contributed by atoms with Crippen LogP contribution >= 0.6 is 27.7 Å². The first-order valence-corrected chi connectivity index (χ1v) is 8.77. The first-order valence-electron chi connectivity index (χ1n) is 7.16. The first-order chi connectivity index (χ1) is 10.9. The molecule has 124 valence electrons. The Bertz CT molecular complexity index is 672. The number of hydrogen-bond acceptors (Lipinski definition) is 5. The van der Waals surface area contributed by atoms with Crippen molar-refractivity contribution in [2.75, 3.05) is 13.7 Å². The number of ether oxygens (including phenoxy) is 2. The quantitative estimate of drug-likeness (QED) is 0.690. The lowest BCUT2D eigenvalue weighted by Crippen LogP contribution is -2.34. The zero-order valence-electron chi connectivity index (χ0n) is 13.4. The molecule has 23 heavy (non-hydrogen) atoms. The molecule has 1 heterocycles. The summed E-state index contributed by atoms with van der Waals surface area (Å²) in [6.45, 7) is 6.01. The van der Waals surface area contributed by atoms with Crippen LogP contribution in [0.5, 0.6) is 11.5 Å². The van der Waals surface area contributed by atoms with Crippen LogP contribution in [0.4, 0.5) is 4.79 Å². The third kappa shape index (κ3) is 3.72. The van der Waals surface area contributed by atoms with Crippen molar-refractivity contribution in [3.8, 4) is 11.5 Å². The van der Waals surface area contributed by atoms with Crippen LogP contribution in [-0.4, -0.2) is 35.8 Å². The summed E-state index contributed by atoms with van der Waals surface area (Å²) in [5.74, 6) is 0.915. The van der Waals surface area contributed by atoms with Crippen molar-refractivity contribution >= 4 is 44.9 Å². The lowest BCUT2D eigenvalue weighted by atomic mass is 10.1. The fourth-order valence-corrected chi connectivity index (χ4v) is 3.79. The van der Waals surface area contributed by atoms with Crippen molar-refractivity contribution in [2.45, 2.75) is 26.8 Å². The highest BCUT2D eigenvalue weighted by Crippen LogP contribution is 2.39. The molecule has 0 atom stereocenters. The lowest BCUT2D eigenvalue weighted by Gasteiger charge is -2.16. The molecule has 1 aromatic carbocycles. The van der Waals surface area contributed by atoms with Crippen molar-refractivity contribution in [1.82, 2.24) is 4.90 Å². The van der Waals surface area contributed by atoms with E-state index in [1.165, 1.54) is 4.90 Å². The number of methoxy groups -OCH3 is 1. The van der Waals surface area contributed by atoms with Crippen LogP contribution in [0.2, 0.25) is 0 Å². The zero-order valence-corrected chi connectivity index (χ0v) is 15.8. The minimum Gasteiger partial charge on any atom is -0.492 e. The molecule has 0 unspecified atom stereocenters. The summed E-state index contributed by atoms with van der Waals surface area (Å²) in [6, 6.07) is 3.45. The second-order valence-corrected chi connectivity index (χ2v) is 6.96. The van der Waals surface area contributed by atoms with Crippen molar-refractivity contribution in [2.24, 2.45) is 0 Å². The third-order valence-electron chi connectivity index (χ3n) is 3.17. The minimum atomic E-state index is -0.264. The van der Waals surface area contributed by atoms with Gasteiger partial charge in [0.2, 0.25) is 0 Å². The molecule has 0 bridgehead atoms. The van der Waals surface area contributed by atoms with Crippen molar-refractivity contribution < 1.29 is 19.1 Å². The number of nitrogens with zero attached hydrogens (tertiary/aromatic N) is 1. The number of amides is 2. The number of hydrogen-bond donors (Lipinski definition) is 0. The number of rotatable bonds is 5. The van der Waals surface area contributed by atoms with Crippen LogP contribution < -0.4 is 9.47 Å². The van der Waals surface area contributed by atoms with Gasteiger partial charge >= 0.3 is 0 Å². The van der Waals surface area contributed by atoms with Crippen LogP contribution in [-0.2, 0) is 4.79 Å². The average molecular weight is 400 g/mol. The van der Waals surface area contributed by atoms with E-state index in [1.54, 1.807) is 19.3 Å². The minimum absolute atomic E-state index is 0.157. The molecule has 7 heteroatoms. The average Bonchev–Trinajstić information content (AvgIpc) is 2.73. The van der Waals surface area contributed by atoms with E-state index in [-0.39, 0.29) is 17.2 Å². The topological polar surface area (TPSA) is 55.8 Å². The molecule has 1 fully saturated rings. The summed E-state index contributed by atoms with van der Waals surface area (Å²) in [5, 5.41) is -0.242. The molecule has 2 amide bonds. The van der Waals surface area contributed by atoms with Crippen molar-refractivity contribution in [3.05, 3.63) is 27.1 Å². The Hall–Kier alpha value is -1.47. The standard InChI is InChI=1S/C16H18BrNO4S/c1-5-22-12-7-10(6-11(17)14(12)21-4)8-13-15(19)18(9(2)3)16(20)23-13/h6-9H,5H2,1-4H3. The highest BCUT2D eigenvalue weighted by atomic mass is 79.9. The predicted octanol–water partition coefficient (Wildman–Crippen LogP) is 4.30.